The number of imidazole rings is 1. The first-order valence-corrected chi connectivity index (χ1v) is 9.98. The number of benzene rings is 1. The highest BCUT2D eigenvalue weighted by Crippen LogP contribution is 2.30. The molecule has 4 nitrogen and oxygen atoms in total. The van der Waals surface area contributed by atoms with Gasteiger partial charge in [0.15, 0.2) is 5.16 Å². The minimum absolute atomic E-state index is 0.761. The fourth-order valence-corrected chi connectivity index (χ4v) is 4.13. The summed E-state index contributed by atoms with van der Waals surface area (Å²) in [6.45, 7) is 8.22. The second kappa shape index (κ2) is 7.16. The number of pyridine rings is 1. The molecule has 0 unspecified atom stereocenters. The molecule has 0 aliphatic carbocycles. The number of rotatable bonds is 4. The number of nitrogens with zero attached hydrogens (tertiary/aromatic N) is 4. The Morgan fingerprint density at radius 3 is 2.19 bits per heavy atom. The summed E-state index contributed by atoms with van der Waals surface area (Å²) in [7, 11) is 0. The number of aromatic nitrogens is 4. The molecular formula is C22H22N4S. The maximum Gasteiger partial charge on any atom is 0.188 e. The van der Waals surface area contributed by atoms with Gasteiger partial charge >= 0.3 is 0 Å². The van der Waals surface area contributed by atoms with Crippen molar-refractivity contribution in [2.45, 2.75) is 38.6 Å². The van der Waals surface area contributed by atoms with Crippen LogP contribution in [0.3, 0.4) is 0 Å². The Morgan fingerprint density at radius 1 is 0.815 bits per heavy atom. The van der Waals surface area contributed by atoms with E-state index >= 15 is 0 Å². The van der Waals surface area contributed by atoms with Gasteiger partial charge in [-0.25, -0.2) is 15.0 Å². The molecule has 0 spiro atoms. The Kier molecular flexibility index (Phi) is 4.70. The summed E-state index contributed by atoms with van der Waals surface area (Å²) in [5, 5.41) is 0.810. The fourth-order valence-electron chi connectivity index (χ4n) is 3.17. The number of thioether (sulfide) groups is 1. The van der Waals surface area contributed by atoms with Crippen LogP contribution >= 0.6 is 11.8 Å². The second-order valence-corrected chi connectivity index (χ2v) is 7.87. The number of hydrogen-bond acceptors (Lipinski definition) is 4. The monoisotopic (exact) mass is 374 g/mol. The van der Waals surface area contributed by atoms with Crippen molar-refractivity contribution < 1.29 is 0 Å². The maximum atomic E-state index is 4.91. The highest BCUT2D eigenvalue weighted by atomic mass is 32.2. The second-order valence-electron chi connectivity index (χ2n) is 6.93. The normalized spacial score (nSPS) is 11.3. The van der Waals surface area contributed by atoms with Gasteiger partial charge in [-0.1, -0.05) is 47.7 Å². The van der Waals surface area contributed by atoms with E-state index in [2.05, 4.69) is 70.8 Å². The van der Waals surface area contributed by atoms with Crippen molar-refractivity contribution in [1.29, 1.82) is 0 Å². The molecule has 0 N–H and O–H groups in total. The van der Waals surface area contributed by atoms with E-state index in [0.717, 1.165) is 39.2 Å². The first-order valence-electron chi connectivity index (χ1n) is 8.99. The summed E-state index contributed by atoms with van der Waals surface area (Å²) in [5.74, 6) is 0.761. The van der Waals surface area contributed by atoms with Gasteiger partial charge in [0.1, 0.15) is 5.65 Å². The largest absolute Gasteiger partial charge is 0.302 e. The minimum Gasteiger partial charge on any atom is -0.302 e. The van der Waals surface area contributed by atoms with E-state index in [1.165, 1.54) is 16.8 Å². The molecule has 0 saturated carbocycles. The van der Waals surface area contributed by atoms with Crippen molar-refractivity contribution in [3.05, 3.63) is 76.9 Å². The predicted octanol–water partition coefficient (Wildman–Crippen LogP) is 5.32. The number of hydrogen-bond donors (Lipinski definition) is 0. The van der Waals surface area contributed by atoms with E-state index in [9.17, 15) is 0 Å². The summed E-state index contributed by atoms with van der Waals surface area (Å²) in [5.41, 5.74) is 8.76. The van der Waals surface area contributed by atoms with Crippen LogP contribution in [-0.4, -0.2) is 19.4 Å². The van der Waals surface area contributed by atoms with Gasteiger partial charge in [-0.05, 0) is 45.4 Å². The standard InChI is InChI=1S/C22H22N4S/c1-14-5-8-18(9-6-14)21-19(26-12-15(2)7-10-20(26)25-21)13-27-22-23-16(3)11-17(4)24-22/h5-12H,13H2,1-4H3. The lowest BCUT2D eigenvalue weighted by molar-refractivity contribution is 0.900. The number of fused-ring (bicyclic) bond motifs is 1. The van der Waals surface area contributed by atoms with E-state index in [1.54, 1.807) is 11.8 Å². The van der Waals surface area contributed by atoms with E-state index in [0.29, 0.717) is 0 Å². The summed E-state index contributed by atoms with van der Waals surface area (Å²) < 4.78 is 2.19. The van der Waals surface area contributed by atoms with Gasteiger partial charge in [-0.15, -0.1) is 0 Å². The quantitative estimate of drug-likeness (QED) is 0.358. The van der Waals surface area contributed by atoms with Crippen molar-refractivity contribution in [3.63, 3.8) is 0 Å². The highest BCUT2D eigenvalue weighted by Gasteiger charge is 2.15. The van der Waals surface area contributed by atoms with Crippen molar-refractivity contribution in [3.8, 4) is 11.3 Å². The Labute approximate surface area is 163 Å². The molecule has 4 rings (SSSR count). The fraction of sp³-hybridized carbons (Fsp3) is 0.227. The van der Waals surface area contributed by atoms with E-state index in [-0.39, 0.29) is 0 Å². The van der Waals surface area contributed by atoms with Gasteiger partial charge in [-0.2, -0.15) is 0 Å². The Bertz CT molecular complexity index is 1090. The molecule has 136 valence electrons. The summed E-state index contributed by atoms with van der Waals surface area (Å²) >= 11 is 1.66. The lowest BCUT2D eigenvalue weighted by Crippen LogP contribution is -1.97. The molecular weight excluding hydrogens is 352 g/mol. The first kappa shape index (κ1) is 17.7. The molecule has 0 fully saturated rings. The topological polar surface area (TPSA) is 43.1 Å². The molecule has 0 aliphatic heterocycles. The zero-order chi connectivity index (χ0) is 19.0. The molecule has 1 aromatic carbocycles. The smallest absolute Gasteiger partial charge is 0.188 e. The van der Waals surface area contributed by atoms with Gasteiger partial charge < -0.3 is 4.40 Å². The van der Waals surface area contributed by atoms with Crippen LogP contribution in [0, 0.1) is 27.7 Å². The lowest BCUT2D eigenvalue weighted by Gasteiger charge is -2.07. The van der Waals surface area contributed by atoms with Crippen LogP contribution in [0.5, 0.6) is 0 Å². The Balaban J connectivity index is 1.78. The average Bonchev–Trinajstić information content (AvgIpc) is 2.97. The number of aryl methyl sites for hydroxylation is 4. The van der Waals surface area contributed by atoms with Gasteiger partial charge in [-0.3, -0.25) is 0 Å². The van der Waals surface area contributed by atoms with Crippen LogP contribution < -0.4 is 0 Å². The Hall–Kier alpha value is -2.66. The molecule has 0 radical (unpaired) electrons. The molecule has 0 aliphatic rings. The van der Waals surface area contributed by atoms with E-state index in [1.807, 2.05) is 19.9 Å². The molecule has 0 saturated heterocycles. The molecule has 3 heterocycles. The van der Waals surface area contributed by atoms with E-state index < -0.39 is 0 Å². The minimum atomic E-state index is 0.761. The van der Waals surface area contributed by atoms with Gasteiger partial charge in [0.2, 0.25) is 0 Å². The van der Waals surface area contributed by atoms with Crippen molar-refractivity contribution in [1.82, 2.24) is 19.4 Å². The lowest BCUT2D eigenvalue weighted by atomic mass is 10.1. The molecule has 0 amide bonds. The van der Waals surface area contributed by atoms with Crippen LogP contribution in [0.4, 0.5) is 0 Å². The predicted molar refractivity (Wildman–Crippen MR) is 111 cm³/mol. The SMILES string of the molecule is Cc1ccc(-c2nc3ccc(C)cn3c2CSc2nc(C)cc(C)n2)cc1. The summed E-state index contributed by atoms with van der Waals surface area (Å²) in [4.78, 5) is 14.0. The highest BCUT2D eigenvalue weighted by molar-refractivity contribution is 7.98. The van der Waals surface area contributed by atoms with Crippen LogP contribution in [0.2, 0.25) is 0 Å². The molecule has 27 heavy (non-hydrogen) atoms. The summed E-state index contributed by atoms with van der Waals surface area (Å²) in [6.07, 6.45) is 2.15. The molecule has 4 aromatic rings. The first-order chi connectivity index (χ1) is 13.0. The van der Waals surface area contributed by atoms with Crippen LogP contribution in [-0.2, 0) is 5.75 Å². The van der Waals surface area contributed by atoms with Crippen molar-refractivity contribution in [2.24, 2.45) is 0 Å². The van der Waals surface area contributed by atoms with Crippen molar-refractivity contribution in [2.75, 3.05) is 0 Å². The molecule has 5 heteroatoms. The van der Waals surface area contributed by atoms with Crippen LogP contribution in [0.25, 0.3) is 16.9 Å². The Morgan fingerprint density at radius 2 is 1.48 bits per heavy atom. The van der Waals surface area contributed by atoms with Crippen molar-refractivity contribution >= 4 is 17.4 Å². The van der Waals surface area contributed by atoms with E-state index in [4.69, 9.17) is 4.98 Å². The zero-order valence-corrected chi connectivity index (χ0v) is 16.8. The van der Waals surface area contributed by atoms with Gasteiger partial charge in [0.25, 0.3) is 0 Å². The summed E-state index contributed by atoms with van der Waals surface area (Å²) in [6, 6.07) is 14.7. The molecule has 3 aromatic heterocycles. The third kappa shape index (κ3) is 3.74. The van der Waals surface area contributed by atoms with Gasteiger partial charge in [0, 0.05) is 28.9 Å². The third-order valence-electron chi connectivity index (χ3n) is 4.49. The third-order valence-corrected chi connectivity index (χ3v) is 5.35. The van der Waals surface area contributed by atoms with Crippen LogP contribution in [0.15, 0.2) is 53.8 Å². The molecule has 0 atom stereocenters. The van der Waals surface area contributed by atoms with Gasteiger partial charge in [0.05, 0.1) is 11.4 Å². The molecule has 0 bridgehead atoms. The van der Waals surface area contributed by atoms with Crippen LogP contribution in [0.1, 0.15) is 28.2 Å². The average molecular weight is 375 g/mol. The maximum absolute atomic E-state index is 4.91. The zero-order valence-electron chi connectivity index (χ0n) is 16.0.